The van der Waals surface area contributed by atoms with Crippen LogP contribution >= 0.6 is 11.6 Å². The van der Waals surface area contributed by atoms with Gasteiger partial charge in [-0.15, -0.1) is 0 Å². The largest absolute Gasteiger partial charge is 0.325 e. The first-order chi connectivity index (χ1) is 11.7. The van der Waals surface area contributed by atoms with Crippen LogP contribution in [0.4, 0.5) is 11.4 Å². The molecule has 0 aliphatic heterocycles. The lowest BCUT2D eigenvalue weighted by atomic mass is 9.86. The number of hydrogen-bond donors (Lipinski definition) is 2. The zero-order valence-corrected chi connectivity index (χ0v) is 15.7. The van der Waals surface area contributed by atoms with E-state index in [1.807, 2.05) is 31.2 Å². The smallest absolute Gasteiger partial charge is 0.233 e. The summed E-state index contributed by atoms with van der Waals surface area (Å²) in [6.07, 6.45) is -0.259. The van der Waals surface area contributed by atoms with Gasteiger partial charge in [0.15, 0.2) is 0 Å². The number of nitrogens with one attached hydrogen (secondary N) is 2. The summed E-state index contributed by atoms with van der Waals surface area (Å²) in [6, 6.07) is 12.9. The Labute approximate surface area is 153 Å². The van der Waals surface area contributed by atoms with E-state index in [0.717, 1.165) is 16.8 Å². The van der Waals surface area contributed by atoms with Gasteiger partial charge in [-0.2, -0.15) is 0 Å². The predicted molar refractivity (Wildman–Crippen MR) is 103 cm³/mol. The molecule has 0 bridgehead atoms. The third kappa shape index (κ3) is 5.07. The molecule has 0 radical (unpaired) electrons. The van der Waals surface area contributed by atoms with E-state index < -0.39 is 0 Å². The van der Waals surface area contributed by atoms with Crippen LogP contribution in [0, 0.1) is 6.92 Å². The second-order valence-corrected chi connectivity index (χ2v) is 7.39. The molecule has 5 heteroatoms. The zero-order valence-electron chi connectivity index (χ0n) is 14.9. The molecular formula is C20H23ClN2O2. The van der Waals surface area contributed by atoms with Crippen molar-refractivity contribution in [3.8, 4) is 0 Å². The van der Waals surface area contributed by atoms with E-state index in [2.05, 4.69) is 31.4 Å². The average Bonchev–Trinajstić information content (AvgIpc) is 2.51. The van der Waals surface area contributed by atoms with Crippen LogP contribution in [0.5, 0.6) is 0 Å². The Morgan fingerprint density at radius 2 is 1.48 bits per heavy atom. The minimum atomic E-state index is -0.379. The van der Waals surface area contributed by atoms with Crippen molar-refractivity contribution >= 4 is 34.8 Å². The SMILES string of the molecule is Cc1c(Cl)cccc1NC(=O)CC(=O)Nc1ccccc1C(C)(C)C. The lowest BCUT2D eigenvalue weighted by Crippen LogP contribution is -2.23. The Hall–Kier alpha value is -2.33. The molecule has 0 aliphatic rings. The van der Waals surface area contributed by atoms with E-state index >= 15 is 0 Å². The summed E-state index contributed by atoms with van der Waals surface area (Å²) >= 11 is 6.04. The Balaban J connectivity index is 2.04. The van der Waals surface area contributed by atoms with Gasteiger partial charge in [0.05, 0.1) is 0 Å². The van der Waals surface area contributed by atoms with E-state index in [0.29, 0.717) is 10.7 Å². The summed E-state index contributed by atoms with van der Waals surface area (Å²) in [6.45, 7) is 8.05. The quantitative estimate of drug-likeness (QED) is 0.762. The summed E-state index contributed by atoms with van der Waals surface area (Å²) in [4.78, 5) is 24.4. The highest BCUT2D eigenvalue weighted by atomic mass is 35.5. The molecule has 0 saturated carbocycles. The monoisotopic (exact) mass is 358 g/mol. The van der Waals surface area contributed by atoms with Gasteiger partial charge in [0.1, 0.15) is 6.42 Å². The van der Waals surface area contributed by atoms with Crippen molar-refractivity contribution in [2.45, 2.75) is 39.5 Å². The van der Waals surface area contributed by atoms with Gasteiger partial charge < -0.3 is 10.6 Å². The molecule has 0 aliphatic carbocycles. The van der Waals surface area contributed by atoms with Gasteiger partial charge in [-0.05, 0) is 41.7 Å². The minimum absolute atomic E-state index is 0.107. The second kappa shape index (κ2) is 7.70. The number of para-hydroxylation sites is 1. The molecule has 0 heterocycles. The number of benzene rings is 2. The molecule has 0 unspecified atom stereocenters. The summed E-state index contributed by atoms with van der Waals surface area (Å²) in [5, 5.41) is 6.13. The van der Waals surface area contributed by atoms with Crippen molar-refractivity contribution in [1.29, 1.82) is 0 Å². The number of halogens is 1. The molecule has 2 aromatic rings. The van der Waals surface area contributed by atoms with Crippen molar-refractivity contribution in [1.82, 2.24) is 0 Å². The molecule has 0 saturated heterocycles. The number of carbonyl (C=O) groups excluding carboxylic acids is 2. The van der Waals surface area contributed by atoms with Crippen molar-refractivity contribution in [3.05, 3.63) is 58.6 Å². The molecule has 0 fully saturated rings. The Kier molecular flexibility index (Phi) is 5.85. The summed E-state index contributed by atoms with van der Waals surface area (Å²) < 4.78 is 0. The number of rotatable bonds is 4. The Bertz CT molecular complexity index is 795. The number of carbonyl (C=O) groups is 2. The Morgan fingerprint density at radius 3 is 2.12 bits per heavy atom. The molecule has 2 N–H and O–H groups in total. The van der Waals surface area contributed by atoms with Crippen LogP contribution in [0.3, 0.4) is 0 Å². The highest BCUT2D eigenvalue weighted by molar-refractivity contribution is 6.31. The first-order valence-electron chi connectivity index (χ1n) is 8.13. The predicted octanol–water partition coefficient (Wildman–Crippen LogP) is 4.91. The molecule has 2 rings (SSSR count). The standard InChI is InChI=1S/C20H23ClN2O2/c1-13-15(21)9-7-11-16(13)22-18(24)12-19(25)23-17-10-6-5-8-14(17)20(2,3)4/h5-11H,12H2,1-4H3,(H,22,24)(H,23,25). The highest BCUT2D eigenvalue weighted by Gasteiger charge is 2.19. The van der Waals surface area contributed by atoms with Crippen LogP contribution in [-0.2, 0) is 15.0 Å². The lowest BCUT2D eigenvalue weighted by molar-refractivity contribution is -0.123. The maximum atomic E-state index is 12.2. The molecule has 25 heavy (non-hydrogen) atoms. The van der Waals surface area contributed by atoms with Gasteiger partial charge in [-0.1, -0.05) is 56.6 Å². The van der Waals surface area contributed by atoms with Crippen molar-refractivity contribution in [3.63, 3.8) is 0 Å². The molecule has 0 spiro atoms. The topological polar surface area (TPSA) is 58.2 Å². The molecule has 0 atom stereocenters. The number of hydrogen-bond acceptors (Lipinski definition) is 2. The third-order valence-electron chi connectivity index (χ3n) is 3.87. The molecule has 4 nitrogen and oxygen atoms in total. The lowest BCUT2D eigenvalue weighted by Gasteiger charge is -2.23. The van der Waals surface area contributed by atoms with Crippen molar-refractivity contribution in [2.75, 3.05) is 10.6 Å². The van der Waals surface area contributed by atoms with Crippen LogP contribution < -0.4 is 10.6 Å². The van der Waals surface area contributed by atoms with E-state index in [4.69, 9.17) is 11.6 Å². The van der Waals surface area contributed by atoms with Gasteiger partial charge >= 0.3 is 0 Å². The van der Waals surface area contributed by atoms with E-state index in [-0.39, 0.29) is 23.7 Å². The van der Waals surface area contributed by atoms with Gasteiger partial charge in [0.2, 0.25) is 11.8 Å². The maximum Gasteiger partial charge on any atom is 0.233 e. The third-order valence-corrected chi connectivity index (χ3v) is 4.28. The molecule has 0 aromatic heterocycles. The van der Waals surface area contributed by atoms with Crippen LogP contribution in [0.2, 0.25) is 5.02 Å². The van der Waals surface area contributed by atoms with Crippen LogP contribution in [0.1, 0.15) is 38.3 Å². The van der Waals surface area contributed by atoms with Crippen molar-refractivity contribution < 1.29 is 9.59 Å². The second-order valence-electron chi connectivity index (χ2n) is 6.98. The van der Waals surface area contributed by atoms with Gasteiger partial charge in [-0.25, -0.2) is 0 Å². The summed E-state index contributed by atoms with van der Waals surface area (Å²) in [7, 11) is 0. The van der Waals surface area contributed by atoms with Crippen LogP contribution in [0.25, 0.3) is 0 Å². The average molecular weight is 359 g/mol. The molecule has 2 aromatic carbocycles. The van der Waals surface area contributed by atoms with E-state index in [1.54, 1.807) is 18.2 Å². The fourth-order valence-corrected chi connectivity index (χ4v) is 2.70. The van der Waals surface area contributed by atoms with Crippen LogP contribution in [0.15, 0.2) is 42.5 Å². The van der Waals surface area contributed by atoms with Gasteiger partial charge in [0.25, 0.3) is 0 Å². The molecule has 132 valence electrons. The molecular weight excluding hydrogens is 336 g/mol. The first-order valence-corrected chi connectivity index (χ1v) is 8.50. The van der Waals surface area contributed by atoms with Gasteiger partial charge in [0, 0.05) is 16.4 Å². The summed E-state index contributed by atoms with van der Waals surface area (Å²) in [5.74, 6) is -0.731. The minimum Gasteiger partial charge on any atom is -0.325 e. The van der Waals surface area contributed by atoms with E-state index in [1.165, 1.54) is 0 Å². The fourth-order valence-electron chi connectivity index (χ4n) is 2.52. The highest BCUT2D eigenvalue weighted by Crippen LogP contribution is 2.29. The number of anilines is 2. The first kappa shape index (κ1) is 19.0. The Morgan fingerprint density at radius 1 is 0.920 bits per heavy atom. The van der Waals surface area contributed by atoms with Gasteiger partial charge in [-0.3, -0.25) is 9.59 Å². The normalized spacial score (nSPS) is 11.1. The number of amides is 2. The zero-order chi connectivity index (χ0) is 18.6. The van der Waals surface area contributed by atoms with E-state index in [9.17, 15) is 9.59 Å². The van der Waals surface area contributed by atoms with Crippen molar-refractivity contribution in [2.24, 2.45) is 0 Å². The maximum absolute atomic E-state index is 12.2. The molecule has 2 amide bonds. The summed E-state index contributed by atoms with van der Waals surface area (Å²) in [5.41, 5.74) is 3.03. The fraction of sp³-hybridized carbons (Fsp3) is 0.300. The van der Waals surface area contributed by atoms with Crippen LogP contribution in [-0.4, -0.2) is 11.8 Å².